The van der Waals surface area contributed by atoms with Gasteiger partial charge in [0.2, 0.25) is 5.91 Å². The SMILES string of the molecule is CC(C)OC(=O)[C@H](CCC(=O)C=N)NC(=O)[C@H](Cc1ccccc1)S(C)(=O)=O. The first-order chi connectivity index (χ1) is 13.0. The molecule has 1 amide bonds. The Morgan fingerprint density at radius 2 is 1.79 bits per heavy atom. The molecule has 154 valence electrons. The van der Waals surface area contributed by atoms with Crippen LogP contribution in [0.15, 0.2) is 30.3 Å². The molecule has 0 spiro atoms. The standard InChI is InChI=1S/C19H26N2O6S/c1-13(2)27-19(24)16(10-9-15(22)12-20)21-18(23)17(28(3,25)26)11-14-7-5-4-6-8-14/h4-8,12-13,16-17,20H,9-11H2,1-3H3,(H,21,23)/t16-,17-/m0/s1. The molecule has 0 aliphatic heterocycles. The minimum absolute atomic E-state index is 0.0448. The number of benzene rings is 1. The third-order valence-corrected chi connectivity index (χ3v) is 5.28. The first-order valence-corrected chi connectivity index (χ1v) is 10.8. The van der Waals surface area contributed by atoms with Crippen molar-refractivity contribution < 1.29 is 27.5 Å². The van der Waals surface area contributed by atoms with E-state index in [1.165, 1.54) is 0 Å². The Bertz CT molecular complexity index is 805. The number of carbonyl (C=O) groups is 3. The maximum Gasteiger partial charge on any atom is 0.328 e. The predicted molar refractivity (Wildman–Crippen MR) is 105 cm³/mol. The summed E-state index contributed by atoms with van der Waals surface area (Å²) in [6, 6.07) is 7.48. The van der Waals surface area contributed by atoms with Gasteiger partial charge >= 0.3 is 5.97 Å². The topological polar surface area (TPSA) is 130 Å². The molecule has 0 saturated carbocycles. The number of nitrogens with one attached hydrogen (secondary N) is 2. The number of ketones is 1. The Morgan fingerprint density at radius 1 is 1.18 bits per heavy atom. The zero-order valence-electron chi connectivity index (χ0n) is 16.2. The maximum atomic E-state index is 12.7. The molecule has 1 rings (SSSR count). The molecule has 0 heterocycles. The van der Waals surface area contributed by atoms with E-state index in [9.17, 15) is 22.8 Å². The van der Waals surface area contributed by atoms with Crippen LogP contribution in [0, 0.1) is 5.41 Å². The van der Waals surface area contributed by atoms with Gasteiger partial charge in [-0.05, 0) is 32.3 Å². The summed E-state index contributed by atoms with van der Waals surface area (Å²) in [4.78, 5) is 36.3. The van der Waals surface area contributed by atoms with Crippen LogP contribution < -0.4 is 5.32 Å². The summed E-state index contributed by atoms with van der Waals surface area (Å²) >= 11 is 0. The molecule has 2 N–H and O–H groups in total. The molecule has 0 radical (unpaired) electrons. The zero-order valence-corrected chi connectivity index (χ0v) is 17.0. The average Bonchev–Trinajstić information content (AvgIpc) is 2.61. The van der Waals surface area contributed by atoms with Crippen molar-refractivity contribution in [2.75, 3.05) is 6.26 Å². The van der Waals surface area contributed by atoms with Crippen molar-refractivity contribution in [3.05, 3.63) is 35.9 Å². The van der Waals surface area contributed by atoms with Crippen LogP contribution in [-0.2, 0) is 35.4 Å². The fourth-order valence-corrected chi connectivity index (χ4v) is 3.41. The van der Waals surface area contributed by atoms with Gasteiger partial charge in [-0.25, -0.2) is 13.2 Å². The van der Waals surface area contributed by atoms with Crippen LogP contribution in [0.3, 0.4) is 0 Å². The Kier molecular flexibility index (Phi) is 8.98. The van der Waals surface area contributed by atoms with Crippen molar-refractivity contribution in [2.24, 2.45) is 0 Å². The Balaban J connectivity index is 3.00. The monoisotopic (exact) mass is 410 g/mol. The molecule has 1 aromatic rings. The molecular formula is C19H26N2O6S. The molecule has 0 saturated heterocycles. The highest BCUT2D eigenvalue weighted by Crippen LogP contribution is 2.12. The molecule has 28 heavy (non-hydrogen) atoms. The van der Waals surface area contributed by atoms with E-state index in [1.807, 2.05) is 0 Å². The highest BCUT2D eigenvalue weighted by atomic mass is 32.2. The van der Waals surface area contributed by atoms with E-state index in [0.29, 0.717) is 11.8 Å². The number of rotatable bonds is 11. The molecule has 0 fully saturated rings. The molecule has 0 bridgehead atoms. The van der Waals surface area contributed by atoms with Gasteiger partial charge in [0.15, 0.2) is 15.6 Å². The maximum absolute atomic E-state index is 12.7. The summed E-state index contributed by atoms with van der Waals surface area (Å²) < 4.78 is 29.4. The molecule has 1 aromatic carbocycles. The van der Waals surface area contributed by atoms with Gasteiger partial charge in [0.25, 0.3) is 0 Å². The normalized spacial score (nSPS) is 13.4. The number of esters is 1. The van der Waals surface area contributed by atoms with Gasteiger partial charge < -0.3 is 15.5 Å². The van der Waals surface area contributed by atoms with Crippen molar-refractivity contribution in [3.8, 4) is 0 Å². The Hall–Kier alpha value is -2.55. The number of ether oxygens (including phenoxy) is 1. The fourth-order valence-electron chi connectivity index (χ4n) is 2.45. The first kappa shape index (κ1) is 23.5. The van der Waals surface area contributed by atoms with Crippen LogP contribution in [0.1, 0.15) is 32.3 Å². The van der Waals surface area contributed by atoms with Crippen LogP contribution in [-0.4, -0.2) is 55.9 Å². The summed E-state index contributed by atoms with van der Waals surface area (Å²) in [6.07, 6.45) is 0.857. The minimum atomic E-state index is -3.76. The van der Waals surface area contributed by atoms with Crippen LogP contribution in [0.5, 0.6) is 0 Å². The number of hydrogen-bond acceptors (Lipinski definition) is 7. The third kappa shape index (κ3) is 7.99. The van der Waals surface area contributed by atoms with Gasteiger partial charge in [0.1, 0.15) is 11.3 Å². The van der Waals surface area contributed by atoms with E-state index in [2.05, 4.69) is 5.32 Å². The molecule has 8 nitrogen and oxygen atoms in total. The highest BCUT2D eigenvalue weighted by molar-refractivity contribution is 7.92. The average molecular weight is 410 g/mol. The van der Waals surface area contributed by atoms with Crippen molar-refractivity contribution in [3.63, 3.8) is 0 Å². The van der Waals surface area contributed by atoms with Gasteiger partial charge in [0.05, 0.1) is 12.3 Å². The second-order valence-corrected chi connectivity index (χ2v) is 8.93. The summed E-state index contributed by atoms with van der Waals surface area (Å²) in [5, 5.41) is 7.95. The molecular weight excluding hydrogens is 384 g/mol. The van der Waals surface area contributed by atoms with Crippen molar-refractivity contribution >= 4 is 33.7 Å². The molecule has 9 heteroatoms. The lowest BCUT2D eigenvalue weighted by Gasteiger charge is -2.22. The van der Waals surface area contributed by atoms with Crippen LogP contribution in [0.4, 0.5) is 0 Å². The Labute approximate surface area is 165 Å². The summed E-state index contributed by atoms with van der Waals surface area (Å²) in [5.41, 5.74) is 0.661. The van der Waals surface area contributed by atoms with Gasteiger partial charge in [0, 0.05) is 12.7 Å². The summed E-state index contributed by atoms with van der Waals surface area (Å²) in [5.74, 6) is -2.10. The largest absolute Gasteiger partial charge is 0.461 e. The zero-order chi connectivity index (χ0) is 21.3. The van der Waals surface area contributed by atoms with E-state index in [1.54, 1.807) is 44.2 Å². The first-order valence-electron chi connectivity index (χ1n) is 8.81. The second-order valence-electron chi connectivity index (χ2n) is 6.70. The summed E-state index contributed by atoms with van der Waals surface area (Å²) in [6.45, 7) is 3.27. The van der Waals surface area contributed by atoms with E-state index < -0.39 is 44.9 Å². The number of Topliss-reactive ketones (excluding diaryl/α,β-unsaturated/α-hetero) is 1. The van der Waals surface area contributed by atoms with Crippen LogP contribution in [0.2, 0.25) is 0 Å². The third-order valence-electron chi connectivity index (χ3n) is 3.87. The lowest BCUT2D eigenvalue weighted by atomic mass is 10.1. The number of sulfone groups is 1. The molecule has 0 aliphatic rings. The van der Waals surface area contributed by atoms with Gasteiger partial charge in [-0.2, -0.15) is 0 Å². The van der Waals surface area contributed by atoms with E-state index in [-0.39, 0.29) is 19.3 Å². The highest BCUT2D eigenvalue weighted by Gasteiger charge is 2.33. The minimum Gasteiger partial charge on any atom is -0.461 e. The Morgan fingerprint density at radius 3 is 2.29 bits per heavy atom. The lowest BCUT2D eigenvalue weighted by Crippen LogP contribution is -2.49. The van der Waals surface area contributed by atoms with Crippen molar-refractivity contribution in [1.29, 1.82) is 5.41 Å². The second kappa shape index (κ2) is 10.7. The lowest BCUT2D eigenvalue weighted by molar-refractivity contribution is -0.151. The van der Waals surface area contributed by atoms with Gasteiger partial charge in [-0.15, -0.1) is 0 Å². The van der Waals surface area contributed by atoms with Crippen LogP contribution >= 0.6 is 0 Å². The fraction of sp³-hybridized carbons (Fsp3) is 0.474. The molecule has 0 aliphatic carbocycles. The molecule has 2 atom stereocenters. The number of carbonyl (C=O) groups excluding carboxylic acids is 3. The van der Waals surface area contributed by atoms with E-state index in [4.69, 9.17) is 10.1 Å². The predicted octanol–water partition coefficient (Wildman–Crippen LogP) is 1.08. The van der Waals surface area contributed by atoms with Crippen molar-refractivity contribution in [2.45, 2.75) is 50.5 Å². The van der Waals surface area contributed by atoms with E-state index in [0.717, 1.165) is 6.26 Å². The van der Waals surface area contributed by atoms with Crippen molar-refractivity contribution in [1.82, 2.24) is 5.32 Å². The molecule has 0 unspecified atom stereocenters. The number of hydrogen-bond donors (Lipinski definition) is 2. The van der Waals surface area contributed by atoms with E-state index >= 15 is 0 Å². The quantitative estimate of drug-likeness (QED) is 0.415. The summed E-state index contributed by atoms with van der Waals surface area (Å²) in [7, 11) is -3.76. The van der Waals surface area contributed by atoms with Crippen LogP contribution in [0.25, 0.3) is 0 Å². The smallest absolute Gasteiger partial charge is 0.328 e. The number of amides is 1. The van der Waals surface area contributed by atoms with Gasteiger partial charge in [-0.1, -0.05) is 30.3 Å². The molecule has 0 aromatic heterocycles. The van der Waals surface area contributed by atoms with Gasteiger partial charge in [-0.3, -0.25) is 9.59 Å².